The second-order valence-electron chi connectivity index (χ2n) is 18.1. The third kappa shape index (κ3) is 14.1. The standard InChI is InChI=1S/C50H67ClFN6O9P/c1-5-6-7-8-9-10-11-12-13-14-15-16-17-18-19-22-27-60-31-38(63-43-28-36(2)37(30-53)29-40(43)52)32-61-68(59,67-42-24-21-20-23-39(42)51)62-33-44-46-47(66-49(3,4)65-46)50(34-54,64-44)45-26-25-41-48(55)56-35-57-58(41)45/h20-21,23-26,28-29,35,38,44,46-47H,5-19,22,27,31-33H2,1-4H3,(H2,55,56,57)/t38-,44-,46-,47-,50+,68?/m1/s1. The van der Waals surface area contributed by atoms with Crippen LogP contribution >= 0.6 is 19.4 Å². The van der Waals surface area contributed by atoms with Gasteiger partial charge in [-0.25, -0.2) is 18.5 Å². The van der Waals surface area contributed by atoms with Crippen LogP contribution in [0.15, 0.2) is 54.9 Å². The summed E-state index contributed by atoms with van der Waals surface area (Å²) in [5.74, 6) is -1.86. The summed E-state index contributed by atoms with van der Waals surface area (Å²) in [5, 5.41) is 24.8. The summed E-state index contributed by atoms with van der Waals surface area (Å²) < 4.78 is 80.8. The molecule has 2 N–H and O–H groups in total. The van der Waals surface area contributed by atoms with Gasteiger partial charge in [0.1, 0.15) is 48.1 Å². The minimum Gasteiger partial charge on any atom is -0.482 e. The normalized spacial score (nSPS) is 21.0. The third-order valence-corrected chi connectivity index (χ3v) is 13.9. The van der Waals surface area contributed by atoms with E-state index in [1.54, 1.807) is 51.1 Å². The Hall–Kier alpha value is -4.35. The maximum atomic E-state index is 15.3. The van der Waals surface area contributed by atoms with Crippen LogP contribution in [-0.4, -0.2) is 71.2 Å². The van der Waals surface area contributed by atoms with Gasteiger partial charge in [-0.2, -0.15) is 15.6 Å². The highest BCUT2D eigenvalue weighted by Gasteiger charge is 2.65. The van der Waals surface area contributed by atoms with Gasteiger partial charge in [0, 0.05) is 6.61 Å². The van der Waals surface area contributed by atoms with Crippen molar-refractivity contribution in [3.05, 3.63) is 82.5 Å². The lowest BCUT2D eigenvalue weighted by atomic mass is 9.92. The summed E-state index contributed by atoms with van der Waals surface area (Å²) in [6.07, 6.45) is 17.3. The summed E-state index contributed by atoms with van der Waals surface area (Å²) in [4.78, 5) is 4.05. The van der Waals surface area contributed by atoms with Crippen molar-refractivity contribution >= 4 is 30.8 Å². The molecule has 0 amide bonds. The van der Waals surface area contributed by atoms with Crippen molar-refractivity contribution in [2.24, 2.45) is 0 Å². The van der Waals surface area contributed by atoms with E-state index in [0.29, 0.717) is 23.4 Å². The molecule has 15 nitrogen and oxygen atoms in total. The molecule has 2 fully saturated rings. The Labute approximate surface area is 405 Å². The molecule has 0 bridgehead atoms. The van der Waals surface area contributed by atoms with E-state index in [1.807, 2.05) is 6.07 Å². The SMILES string of the molecule is CCCCCCCCCCCCCCCCCCOC[C@H](COP(=O)(OC[C@H]1O[C@@](C#N)(c2ccc3c(N)ncnn23)[C@@H]2OC(C)(C)O[C@@H]21)Oc1ccccc1Cl)Oc1cc(C)c(C#N)cc1F. The van der Waals surface area contributed by atoms with Crippen LogP contribution in [0, 0.1) is 35.4 Å². The number of rotatable bonds is 30. The van der Waals surface area contributed by atoms with Crippen LogP contribution in [0.5, 0.6) is 11.5 Å². The fourth-order valence-electron chi connectivity index (χ4n) is 8.66. The largest absolute Gasteiger partial charge is 0.530 e. The van der Waals surface area contributed by atoms with Crippen molar-refractivity contribution < 1.29 is 46.2 Å². The van der Waals surface area contributed by atoms with Crippen LogP contribution in [0.3, 0.4) is 0 Å². The van der Waals surface area contributed by atoms with Gasteiger partial charge in [-0.15, -0.1) is 0 Å². The molecule has 2 aromatic heterocycles. The second-order valence-corrected chi connectivity index (χ2v) is 20.1. The molecule has 0 radical (unpaired) electrons. The lowest BCUT2D eigenvalue weighted by Gasteiger charge is -2.29. The van der Waals surface area contributed by atoms with Gasteiger partial charge in [-0.1, -0.05) is 127 Å². The number of fused-ring (bicyclic) bond motifs is 2. The average molecular weight is 982 g/mol. The molecule has 2 saturated heterocycles. The number of nitrogens with zero attached hydrogens (tertiary/aromatic N) is 5. The number of phosphoric acid groups is 1. The number of phosphoric ester groups is 1. The van der Waals surface area contributed by atoms with Crippen molar-refractivity contribution in [3.63, 3.8) is 0 Å². The second kappa shape index (κ2) is 25.5. The first kappa shape index (κ1) is 53.0. The predicted molar refractivity (Wildman–Crippen MR) is 256 cm³/mol. The average Bonchev–Trinajstić information content (AvgIpc) is 3.99. The molecule has 2 aliphatic heterocycles. The number of hydrogen-bond donors (Lipinski definition) is 1. The number of benzene rings is 2. The van der Waals surface area contributed by atoms with E-state index in [1.165, 1.54) is 106 Å². The number of nitrogen functional groups attached to an aromatic ring is 1. The maximum Gasteiger partial charge on any atom is 0.530 e. The lowest BCUT2D eigenvalue weighted by molar-refractivity contribution is -0.204. The molecule has 1 unspecified atom stereocenters. The van der Waals surface area contributed by atoms with Gasteiger partial charge < -0.3 is 33.9 Å². The first-order valence-corrected chi connectivity index (χ1v) is 26.0. The Kier molecular flexibility index (Phi) is 19.9. The number of aromatic nitrogens is 3. The van der Waals surface area contributed by atoms with Crippen molar-refractivity contribution in [2.75, 3.05) is 32.2 Å². The van der Waals surface area contributed by atoms with Gasteiger partial charge in [0.25, 0.3) is 0 Å². The fraction of sp³-hybridized carbons (Fsp3) is 0.600. The van der Waals surface area contributed by atoms with Crippen LogP contribution in [0.4, 0.5) is 10.2 Å². The third-order valence-electron chi connectivity index (χ3n) is 12.3. The van der Waals surface area contributed by atoms with E-state index in [4.69, 9.17) is 54.6 Å². The Morgan fingerprint density at radius 3 is 2.19 bits per heavy atom. The molecular weight excluding hydrogens is 914 g/mol. The molecule has 6 rings (SSSR count). The molecule has 4 aromatic rings. The Morgan fingerprint density at radius 1 is 0.882 bits per heavy atom. The lowest BCUT2D eigenvalue weighted by Crippen LogP contribution is -2.40. The molecular formula is C50H67ClFN6O9P. The first-order chi connectivity index (χ1) is 32.8. The molecule has 0 aliphatic carbocycles. The molecule has 0 spiro atoms. The van der Waals surface area contributed by atoms with Gasteiger partial charge in [-0.3, -0.25) is 9.05 Å². The van der Waals surface area contributed by atoms with Gasteiger partial charge >= 0.3 is 7.82 Å². The molecule has 2 aromatic carbocycles. The number of halogens is 2. The van der Waals surface area contributed by atoms with Crippen molar-refractivity contribution in [1.82, 2.24) is 14.6 Å². The summed E-state index contributed by atoms with van der Waals surface area (Å²) in [6.45, 7) is 6.75. The monoisotopic (exact) mass is 980 g/mol. The van der Waals surface area contributed by atoms with E-state index in [9.17, 15) is 15.1 Å². The highest BCUT2D eigenvalue weighted by atomic mass is 35.5. The van der Waals surface area contributed by atoms with E-state index in [-0.39, 0.29) is 34.5 Å². The molecule has 4 heterocycles. The number of nitrogens with two attached hydrogens (primary N) is 1. The quantitative estimate of drug-likeness (QED) is 0.0383. The zero-order valence-electron chi connectivity index (χ0n) is 39.8. The molecule has 18 heteroatoms. The van der Waals surface area contributed by atoms with Crippen LogP contribution in [-0.2, 0) is 38.2 Å². The summed E-state index contributed by atoms with van der Waals surface area (Å²) in [7, 11) is -4.67. The van der Waals surface area contributed by atoms with Crippen LogP contribution < -0.4 is 15.0 Å². The number of hydrogen-bond acceptors (Lipinski definition) is 14. The highest BCUT2D eigenvalue weighted by molar-refractivity contribution is 7.49. The van der Waals surface area contributed by atoms with E-state index in [0.717, 1.165) is 25.3 Å². The topological polar surface area (TPSA) is 195 Å². The molecule has 2 aliphatic rings. The predicted octanol–water partition coefficient (Wildman–Crippen LogP) is 11.9. The van der Waals surface area contributed by atoms with Gasteiger partial charge in [0.15, 0.2) is 23.2 Å². The minimum atomic E-state index is -4.67. The highest BCUT2D eigenvalue weighted by Crippen LogP contribution is 2.54. The number of para-hydroxylation sites is 1. The molecule has 6 atom stereocenters. The van der Waals surface area contributed by atoms with Gasteiger partial charge in [0.05, 0.1) is 42.2 Å². The van der Waals surface area contributed by atoms with Gasteiger partial charge in [0.2, 0.25) is 5.60 Å². The van der Waals surface area contributed by atoms with Crippen LogP contribution in [0.25, 0.3) is 5.52 Å². The van der Waals surface area contributed by atoms with Gasteiger partial charge in [-0.05, 0) is 69.2 Å². The molecule has 0 saturated carbocycles. The zero-order chi connectivity index (χ0) is 48.6. The van der Waals surface area contributed by atoms with E-state index < -0.39 is 62.7 Å². The number of nitriles is 2. The van der Waals surface area contributed by atoms with Crippen molar-refractivity contribution in [3.8, 4) is 23.6 Å². The Bertz CT molecular complexity index is 2380. The smallest absolute Gasteiger partial charge is 0.482 e. The Balaban J connectivity index is 1.08. The van der Waals surface area contributed by atoms with Crippen LogP contribution in [0.2, 0.25) is 5.02 Å². The number of aryl methyl sites for hydroxylation is 1. The summed E-state index contributed by atoms with van der Waals surface area (Å²) >= 11 is 6.46. The zero-order valence-corrected chi connectivity index (χ0v) is 41.5. The van der Waals surface area contributed by atoms with E-state index in [2.05, 4.69) is 23.1 Å². The number of unbranched alkanes of at least 4 members (excludes halogenated alkanes) is 15. The van der Waals surface area contributed by atoms with Crippen molar-refractivity contribution in [1.29, 1.82) is 10.5 Å². The number of anilines is 1. The molecule has 370 valence electrons. The Morgan fingerprint density at radius 2 is 1.54 bits per heavy atom. The minimum absolute atomic E-state index is 0.00132. The summed E-state index contributed by atoms with van der Waals surface area (Å²) in [6, 6.07) is 16.4. The van der Waals surface area contributed by atoms with E-state index >= 15 is 4.39 Å². The van der Waals surface area contributed by atoms with Crippen LogP contribution in [0.1, 0.15) is 140 Å². The molecule has 68 heavy (non-hydrogen) atoms. The van der Waals surface area contributed by atoms with Crippen molar-refractivity contribution in [2.45, 2.75) is 166 Å². The summed E-state index contributed by atoms with van der Waals surface area (Å²) in [5.41, 5.74) is 5.74. The number of ether oxygens (including phenoxy) is 5. The first-order valence-electron chi connectivity index (χ1n) is 24.1. The fourth-order valence-corrected chi connectivity index (χ4v) is 10.1. The maximum absolute atomic E-state index is 15.3.